The Morgan fingerprint density at radius 2 is 2.05 bits per heavy atom. The van der Waals surface area contributed by atoms with Gasteiger partial charge < -0.3 is 14.7 Å². The number of carbonyl (C=O) groups is 1. The molecule has 1 aromatic rings. The van der Waals surface area contributed by atoms with E-state index in [2.05, 4.69) is 0 Å². The Hall–Kier alpha value is -1.26. The van der Waals surface area contributed by atoms with Gasteiger partial charge in [-0.3, -0.25) is 4.79 Å². The number of amides is 1. The van der Waals surface area contributed by atoms with E-state index in [1.165, 1.54) is 12.1 Å². The predicted octanol–water partition coefficient (Wildman–Crippen LogP) is 3.32. The third kappa shape index (κ3) is 4.12. The number of carbonyl (C=O) groups excluding carboxylic acids is 1. The number of benzene rings is 1. The first-order valence-corrected chi connectivity index (χ1v) is 7.21. The molecule has 0 fully saturated rings. The molecule has 0 radical (unpaired) electrons. The van der Waals surface area contributed by atoms with Crippen LogP contribution in [0.15, 0.2) is 18.2 Å². The zero-order chi connectivity index (χ0) is 15.1. The van der Waals surface area contributed by atoms with Gasteiger partial charge in [0.25, 0.3) is 5.91 Å². The lowest BCUT2D eigenvalue weighted by atomic mass is 10.1. The average Bonchev–Trinajstić information content (AvgIpc) is 2.45. The average molecular weight is 300 g/mol. The van der Waals surface area contributed by atoms with Crippen molar-refractivity contribution in [2.45, 2.75) is 32.7 Å². The lowest BCUT2D eigenvalue weighted by molar-refractivity contribution is 0.0586. The molecule has 0 bridgehead atoms. The third-order valence-electron chi connectivity index (χ3n) is 3.37. The molecule has 0 atom stereocenters. The number of methoxy groups -OCH3 is 1. The van der Waals surface area contributed by atoms with Crippen LogP contribution in [0, 0.1) is 0 Å². The van der Waals surface area contributed by atoms with Crippen molar-refractivity contribution >= 4 is 17.5 Å². The number of ether oxygens (including phenoxy) is 1. The number of aromatic hydroxyl groups is 1. The van der Waals surface area contributed by atoms with Gasteiger partial charge >= 0.3 is 0 Å². The van der Waals surface area contributed by atoms with Crippen LogP contribution >= 0.6 is 11.6 Å². The Bertz CT molecular complexity index is 447. The number of phenolic OH excluding ortho intramolecular Hbond substituents is 1. The number of hydrogen-bond acceptors (Lipinski definition) is 3. The smallest absolute Gasteiger partial charge is 0.257 e. The summed E-state index contributed by atoms with van der Waals surface area (Å²) in [5.41, 5.74) is 0.237. The Labute approximate surface area is 125 Å². The Morgan fingerprint density at radius 1 is 1.40 bits per heavy atom. The van der Waals surface area contributed by atoms with Gasteiger partial charge in [0.2, 0.25) is 0 Å². The zero-order valence-corrected chi connectivity index (χ0v) is 13.0. The second kappa shape index (κ2) is 8.12. The second-order valence-corrected chi connectivity index (χ2v) is 5.06. The van der Waals surface area contributed by atoms with E-state index < -0.39 is 0 Å². The van der Waals surface area contributed by atoms with Crippen LogP contribution in [0.5, 0.6) is 5.75 Å². The Kier molecular flexibility index (Phi) is 6.82. The van der Waals surface area contributed by atoms with E-state index in [4.69, 9.17) is 16.3 Å². The van der Waals surface area contributed by atoms with E-state index in [0.29, 0.717) is 18.2 Å². The van der Waals surface area contributed by atoms with E-state index >= 15 is 0 Å². The molecule has 0 aromatic heterocycles. The van der Waals surface area contributed by atoms with Crippen molar-refractivity contribution in [2.75, 3.05) is 20.3 Å². The van der Waals surface area contributed by atoms with Gasteiger partial charge in [0.15, 0.2) is 0 Å². The molecule has 0 heterocycles. The maximum atomic E-state index is 12.6. The molecule has 0 saturated carbocycles. The quantitative estimate of drug-likeness (QED) is 0.840. The van der Waals surface area contributed by atoms with Gasteiger partial charge in [-0.25, -0.2) is 0 Å². The summed E-state index contributed by atoms with van der Waals surface area (Å²) in [5.74, 6) is -0.261. The van der Waals surface area contributed by atoms with Crippen molar-refractivity contribution in [3.63, 3.8) is 0 Å². The van der Waals surface area contributed by atoms with Gasteiger partial charge in [-0.05, 0) is 31.0 Å². The second-order valence-electron chi connectivity index (χ2n) is 4.62. The molecule has 0 spiro atoms. The molecule has 0 aliphatic rings. The number of halogens is 1. The van der Waals surface area contributed by atoms with Crippen LogP contribution in [0.25, 0.3) is 0 Å². The minimum absolute atomic E-state index is 0.0484. The molecule has 1 aromatic carbocycles. The molecule has 112 valence electrons. The predicted molar refractivity (Wildman–Crippen MR) is 80.4 cm³/mol. The van der Waals surface area contributed by atoms with Gasteiger partial charge in [0, 0.05) is 24.7 Å². The molecule has 0 unspecified atom stereocenters. The van der Waals surface area contributed by atoms with E-state index in [9.17, 15) is 9.90 Å². The minimum atomic E-state index is -0.212. The molecule has 1 rings (SSSR count). The topological polar surface area (TPSA) is 49.8 Å². The van der Waals surface area contributed by atoms with Crippen LogP contribution in [0.1, 0.15) is 37.0 Å². The van der Waals surface area contributed by atoms with Crippen LogP contribution in [-0.2, 0) is 4.74 Å². The molecule has 5 heteroatoms. The summed E-state index contributed by atoms with van der Waals surface area (Å²) in [4.78, 5) is 14.4. The lowest BCUT2D eigenvalue weighted by Crippen LogP contribution is -2.41. The fraction of sp³-hybridized carbons (Fsp3) is 0.533. The lowest BCUT2D eigenvalue weighted by Gasteiger charge is -2.30. The standard InChI is InChI=1S/C15H22ClNO3/c1-4-12(5-2)17(8-9-20-3)15(19)13-10-11(16)6-7-14(13)18/h6-7,10,12,18H,4-5,8-9H2,1-3H3. The summed E-state index contributed by atoms with van der Waals surface area (Å²) in [6.07, 6.45) is 1.71. The number of rotatable bonds is 7. The van der Waals surface area contributed by atoms with Crippen LogP contribution in [0.3, 0.4) is 0 Å². The van der Waals surface area contributed by atoms with Crippen molar-refractivity contribution in [3.05, 3.63) is 28.8 Å². The Balaban J connectivity index is 3.05. The molecule has 20 heavy (non-hydrogen) atoms. The fourth-order valence-corrected chi connectivity index (χ4v) is 2.38. The van der Waals surface area contributed by atoms with Crippen LogP contribution < -0.4 is 0 Å². The van der Waals surface area contributed by atoms with Crippen molar-refractivity contribution in [1.29, 1.82) is 0 Å². The summed E-state index contributed by atoms with van der Waals surface area (Å²) in [7, 11) is 1.60. The van der Waals surface area contributed by atoms with Gasteiger partial charge in [0.1, 0.15) is 5.75 Å². The Morgan fingerprint density at radius 3 is 2.60 bits per heavy atom. The highest BCUT2D eigenvalue weighted by molar-refractivity contribution is 6.31. The molecule has 0 saturated heterocycles. The maximum Gasteiger partial charge on any atom is 0.257 e. The monoisotopic (exact) mass is 299 g/mol. The highest BCUT2D eigenvalue weighted by Gasteiger charge is 2.24. The molecule has 1 amide bonds. The van der Waals surface area contributed by atoms with Crippen LogP contribution in [0.4, 0.5) is 0 Å². The molecular weight excluding hydrogens is 278 g/mol. The minimum Gasteiger partial charge on any atom is -0.507 e. The number of phenols is 1. The van der Waals surface area contributed by atoms with E-state index in [-0.39, 0.29) is 23.3 Å². The third-order valence-corrected chi connectivity index (χ3v) is 3.60. The van der Waals surface area contributed by atoms with Crippen molar-refractivity contribution in [3.8, 4) is 5.75 Å². The van der Waals surface area contributed by atoms with Gasteiger partial charge in [-0.2, -0.15) is 0 Å². The zero-order valence-electron chi connectivity index (χ0n) is 12.2. The molecule has 4 nitrogen and oxygen atoms in total. The number of hydrogen-bond donors (Lipinski definition) is 1. The highest BCUT2D eigenvalue weighted by Crippen LogP contribution is 2.24. The summed E-state index contributed by atoms with van der Waals surface area (Å²) in [6.45, 7) is 5.04. The van der Waals surface area contributed by atoms with Crippen molar-refractivity contribution in [2.24, 2.45) is 0 Å². The maximum absolute atomic E-state index is 12.6. The van der Waals surface area contributed by atoms with E-state index in [0.717, 1.165) is 12.8 Å². The summed E-state index contributed by atoms with van der Waals surface area (Å²) < 4.78 is 5.07. The van der Waals surface area contributed by atoms with Gasteiger partial charge in [0.05, 0.1) is 12.2 Å². The van der Waals surface area contributed by atoms with Gasteiger partial charge in [-0.1, -0.05) is 25.4 Å². The van der Waals surface area contributed by atoms with Crippen LogP contribution in [-0.4, -0.2) is 42.2 Å². The highest BCUT2D eigenvalue weighted by atomic mass is 35.5. The SMILES string of the molecule is CCC(CC)N(CCOC)C(=O)c1cc(Cl)ccc1O. The van der Waals surface area contributed by atoms with Crippen molar-refractivity contribution < 1.29 is 14.6 Å². The van der Waals surface area contributed by atoms with Crippen LogP contribution in [0.2, 0.25) is 5.02 Å². The first kappa shape index (κ1) is 16.8. The largest absolute Gasteiger partial charge is 0.507 e. The number of nitrogens with zero attached hydrogens (tertiary/aromatic N) is 1. The fourth-order valence-electron chi connectivity index (χ4n) is 2.20. The molecule has 1 N–H and O–H groups in total. The molecular formula is C15H22ClNO3. The molecule has 0 aliphatic heterocycles. The van der Waals surface area contributed by atoms with E-state index in [1.807, 2.05) is 13.8 Å². The van der Waals surface area contributed by atoms with Gasteiger partial charge in [-0.15, -0.1) is 0 Å². The normalized spacial score (nSPS) is 10.8. The van der Waals surface area contributed by atoms with Crippen molar-refractivity contribution in [1.82, 2.24) is 4.90 Å². The summed E-state index contributed by atoms with van der Waals surface area (Å²) in [6, 6.07) is 4.62. The summed E-state index contributed by atoms with van der Waals surface area (Å²) in [5, 5.41) is 10.3. The molecule has 0 aliphatic carbocycles. The van der Waals surface area contributed by atoms with E-state index in [1.54, 1.807) is 18.1 Å². The first-order valence-electron chi connectivity index (χ1n) is 6.83. The summed E-state index contributed by atoms with van der Waals surface area (Å²) >= 11 is 5.91. The first-order chi connectivity index (χ1) is 9.54.